The van der Waals surface area contributed by atoms with Crippen molar-refractivity contribution in [1.29, 1.82) is 0 Å². The summed E-state index contributed by atoms with van der Waals surface area (Å²) in [5.74, 6) is -0.126. The first-order chi connectivity index (χ1) is 11.8. The molecule has 0 aliphatic heterocycles. The molecule has 0 saturated carbocycles. The van der Waals surface area contributed by atoms with Crippen molar-refractivity contribution in [2.75, 3.05) is 38.4 Å². The van der Waals surface area contributed by atoms with Crippen molar-refractivity contribution in [1.82, 2.24) is 0 Å². The molecule has 0 bridgehead atoms. The van der Waals surface area contributed by atoms with Crippen molar-refractivity contribution in [2.24, 2.45) is 17.1 Å². The fourth-order valence-corrected chi connectivity index (χ4v) is 3.22. The van der Waals surface area contributed by atoms with Gasteiger partial charge in [0.1, 0.15) is 6.61 Å². The van der Waals surface area contributed by atoms with Gasteiger partial charge in [0.05, 0.1) is 31.5 Å². The van der Waals surface area contributed by atoms with Crippen LogP contribution in [0.2, 0.25) is 0 Å². The topological polar surface area (TPSA) is 105 Å². The number of carbonyl (C=O) groups excluding carboxylic acids is 3. The quantitative estimate of drug-likeness (QED) is 0.294. The van der Waals surface area contributed by atoms with Crippen LogP contribution >= 0.6 is 11.8 Å². The van der Waals surface area contributed by atoms with Crippen LogP contribution in [0.3, 0.4) is 0 Å². The Kier molecular flexibility index (Phi) is 12.3. The predicted molar refractivity (Wildman–Crippen MR) is 97.1 cm³/mol. The van der Waals surface area contributed by atoms with Crippen LogP contribution in [-0.4, -0.2) is 56.3 Å². The number of methoxy groups -OCH3 is 1. The van der Waals surface area contributed by atoms with Crippen LogP contribution in [0.4, 0.5) is 0 Å². The molecule has 0 aliphatic rings. The van der Waals surface area contributed by atoms with E-state index in [0.29, 0.717) is 31.0 Å². The SMILES string of the molecule is CCOC(=O)C(C)CCC(C)(CSCCC(=O)OC)C(=O)OCCN. The minimum absolute atomic E-state index is 0.161. The average molecular weight is 378 g/mol. The molecule has 2 atom stereocenters. The Morgan fingerprint density at radius 3 is 2.48 bits per heavy atom. The summed E-state index contributed by atoms with van der Waals surface area (Å²) in [6.07, 6.45) is 1.29. The molecule has 0 fully saturated rings. The fraction of sp³-hybridized carbons (Fsp3) is 0.824. The van der Waals surface area contributed by atoms with Gasteiger partial charge in [0.2, 0.25) is 0 Å². The molecule has 146 valence electrons. The molecule has 0 saturated heterocycles. The van der Waals surface area contributed by atoms with Crippen LogP contribution in [-0.2, 0) is 28.6 Å². The fourth-order valence-electron chi connectivity index (χ4n) is 2.05. The van der Waals surface area contributed by atoms with Crippen molar-refractivity contribution in [3.8, 4) is 0 Å². The molecule has 0 rings (SSSR count). The molecule has 0 radical (unpaired) electrons. The van der Waals surface area contributed by atoms with E-state index < -0.39 is 5.41 Å². The van der Waals surface area contributed by atoms with E-state index in [0.717, 1.165) is 0 Å². The van der Waals surface area contributed by atoms with Gasteiger partial charge in [-0.25, -0.2) is 0 Å². The highest BCUT2D eigenvalue weighted by atomic mass is 32.2. The molecule has 8 heteroatoms. The summed E-state index contributed by atoms with van der Waals surface area (Å²) in [6, 6.07) is 0. The van der Waals surface area contributed by atoms with Gasteiger partial charge in [0.25, 0.3) is 0 Å². The van der Waals surface area contributed by atoms with E-state index in [2.05, 4.69) is 4.74 Å². The third kappa shape index (κ3) is 9.69. The normalized spacial score (nSPS) is 14.3. The number of rotatable bonds is 13. The van der Waals surface area contributed by atoms with Crippen molar-refractivity contribution >= 4 is 29.7 Å². The Labute approximate surface area is 154 Å². The largest absolute Gasteiger partial charge is 0.469 e. The minimum Gasteiger partial charge on any atom is -0.469 e. The third-order valence-electron chi connectivity index (χ3n) is 3.76. The van der Waals surface area contributed by atoms with E-state index in [1.165, 1.54) is 18.9 Å². The van der Waals surface area contributed by atoms with Crippen LogP contribution in [0.15, 0.2) is 0 Å². The maximum atomic E-state index is 12.4. The molecule has 2 N–H and O–H groups in total. The van der Waals surface area contributed by atoms with E-state index >= 15 is 0 Å². The molecule has 25 heavy (non-hydrogen) atoms. The van der Waals surface area contributed by atoms with Gasteiger partial charge in [-0.1, -0.05) is 6.92 Å². The summed E-state index contributed by atoms with van der Waals surface area (Å²) in [7, 11) is 1.35. The number of hydrogen-bond donors (Lipinski definition) is 1. The number of ether oxygens (including phenoxy) is 3. The Morgan fingerprint density at radius 1 is 1.24 bits per heavy atom. The molecule has 0 aliphatic carbocycles. The molecular formula is C17H31NO6S. The van der Waals surface area contributed by atoms with Gasteiger partial charge < -0.3 is 19.9 Å². The summed E-state index contributed by atoms with van der Waals surface area (Å²) >= 11 is 1.49. The van der Waals surface area contributed by atoms with Crippen molar-refractivity contribution < 1.29 is 28.6 Å². The lowest BCUT2D eigenvalue weighted by atomic mass is 9.85. The smallest absolute Gasteiger partial charge is 0.312 e. The molecule has 2 unspecified atom stereocenters. The van der Waals surface area contributed by atoms with Crippen LogP contribution in [0.1, 0.15) is 40.0 Å². The number of esters is 3. The van der Waals surface area contributed by atoms with E-state index in [1.807, 2.05) is 6.92 Å². The van der Waals surface area contributed by atoms with Gasteiger partial charge in [-0.2, -0.15) is 11.8 Å². The predicted octanol–water partition coefficient (Wildman–Crippen LogP) is 1.77. The average Bonchev–Trinajstić information content (AvgIpc) is 2.60. The Bertz CT molecular complexity index is 431. The van der Waals surface area contributed by atoms with Crippen LogP contribution in [0.5, 0.6) is 0 Å². The summed E-state index contributed by atoms with van der Waals surface area (Å²) < 4.78 is 14.8. The Morgan fingerprint density at radius 2 is 1.92 bits per heavy atom. The van der Waals surface area contributed by atoms with E-state index in [-0.39, 0.29) is 43.4 Å². The first kappa shape index (κ1) is 23.7. The molecule has 0 spiro atoms. The van der Waals surface area contributed by atoms with Gasteiger partial charge in [-0.15, -0.1) is 0 Å². The molecule has 0 heterocycles. The van der Waals surface area contributed by atoms with E-state index in [1.54, 1.807) is 13.8 Å². The summed E-state index contributed by atoms with van der Waals surface area (Å²) in [5.41, 5.74) is 4.64. The number of thioether (sulfide) groups is 1. The number of nitrogens with two attached hydrogens (primary N) is 1. The molecule has 0 amide bonds. The summed E-state index contributed by atoms with van der Waals surface area (Å²) in [6.45, 7) is 6.12. The van der Waals surface area contributed by atoms with Gasteiger partial charge in [-0.05, 0) is 26.7 Å². The van der Waals surface area contributed by atoms with Crippen molar-refractivity contribution in [2.45, 2.75) is 40.0 Å². The Hall–Kier alpha value is -1.28. The second kappa shape index (κ2) is 13.0. The lowest BCUT2D eigenvalue weighted by Gasteiger charge is -2.28. The number of carbonyl (C=O) groups is 3. The van der Waals surface area contributed by atoms with Gasteiger partial charge in [0, 0.05) is 18.1 Å². The molecule has 0 aromatic carbocycles. The Balaban J connectivity index is 4.68. The van der Waals surface area contributed by atoms with Crippen LogP contribution < -0.4 is 5.73 Å². The van der Waals surface area contributed by atoms with Crippen LogP contribution in [0.25, 0.3) is 0 Å². The third-order valence-corrected chi connectivity index (χ3v) is 5.09. The molecule has 0 aromatic rings. The van der Waals surface area contributed by atoms with Crippen molar-refractivity contribution in [3.63, 3.8) is 0 Å². The maximum absolute atomic E-state index is 12.4. The zero-order valence-electron chi connectivity index (χ0n) is 15.7. The second-order valence-electron chi connectivity index (χ2n) is 6.06. The zero-order valence-corrected chi connectivity index (χ0v) is 16.5. The van der Waals surface area contributed by atoms with E-state index in [4.69, 9.17) is 15.2 Å². The van der Waals surface area contributed by atoms with Gasteiger partial charge in [-0.3, -0.25) is 14.4 Å². The lowest BCUT2D eigenvalue weighted by Crippen LogP contribution is -2.35. The highest BCUT2D eigenvalue weighted by Gasteiger charge is 2.35. The second-order valence-corrected chi connectivity index (χ2v) is 7.16. The zero-order chi connectivity index (χ0) is 19.3. The maximum Gasteiger partial charge on any atom is 0.312 e. The minimum atomic E-state index is -0.753. The first-order valence-corrected chi connectivity index (χ1v) is 9.64. The molecule has 0 aromatic heterocycles. The van der Waals surface area contributed by atoms with Crippen LogP contribution in [0, 0.1) is 11.3 Å². The monoisotopic (exact) mass is 377 g/mol. The lowest BCUT2D eigenvalue weighted by molar-refractivity contribution is -0.155. The summed E-state index contributed by atoms with van der Waals surface area (Å²) in [5, 5.41) is 0. The molecular weight excluding hydrogens is 346 g/mol. The van der Waals surface area contributed by atoms with E-state index in [9.17, 15) is 14.4 Å². The van der Waals surface area contributed by atoms with Crippen molar-refractivity contribution in [3.05, 3.63) is 0 Å². The van der Waals surface area contributed by atoms with Gasteiger partial charge in [0.15, 0.2) is 0 Å². The first-order valence-electron chi connectivity index (χ1n) is 8.49. The summed E-state index contributed by atoms with van der Waals surface area (Å²) in [4.78, 5) is 35.3. The van der Waals surface area contributed by atoms with Gasteiger partial charge >= 0.3 is 17.9 Å². The number of hydrogen-bond acceptors (Lipinski definition) is 8. The highest BCUT2D eigenvalue weighted by Crippen LogP contribution is 2.32. The molecule has 7 nitrogen and oxygen atoms in total. The highest BCUT2D eigenvalue weighted by molar-refractivity contribution is 7.99. The standard InChI is InChI=1S/C17H31NO6S/c1-5-23-15(20)13(2)6-8-17(3,16(21)24-10-9-18)12-25-11-7-14(19)22-4/h13H,5-12,18H2,1-4H3.